The van der Waals surface area contributed by atoms with Gasteiger partial charge in [0, 0.05) is 29.7 Å². The van der Waals surface area contributed by atoms with Gasteiger partial charge in [-0.1, -0.05) is 23.2 Å². The van der Waals surface area contributed by atoms with E-state index in [9.17, 15) is 0 Å². The van der Waals surface area contributed by atoms with Crippen LogP contribution in [0.4, 0.5) is 0 Å². The van der Waals surface area contributed by atoms with E-state index < -0.39 is 0 Å². The summed E-state index contributed by atoms with van der Waals surface area (Å²) in [7, 11) is 2.22. The summed E-state index contributed by atoms with van der Waals surface area (Å²) in [5.74, 6) is 0. The zero-order valence-electron chi connectivity index (χ0n) is 11.3. The summed E-state index contributed by atoms with van der Waals surface area (Å²) in [5.41, 5.74) is 1.17. The zero-order valence-corrected chi connectivity index (χ0v) is 13.7. The Bertz CT molecular complexity index is 450. The SMILES string of the molecule is CC(c1cc(Cl)sc1Cl)N(C)C1CC2CCC(C1)N2. The third kappa shape index (κ3) is 2.81. The van der Waals surface area contributed by atoms with Crippen molar-refractivity contribution in [2.75, 3.05) is 7.05 Å². The molecule has 0 spiro atoms. The summed E-state index contributed by atoms with van der Waals surface area (Å²) in [5, 5.41) is 3.70. The maximum Gasteiger partial charge on any atom is 0.0991 e. The first-order chi connectivity index (χ1) is 9.04. The number of rotatable bonds is 3. The summed E-state index contributed by atoms with van der Waals surface area (Å²) in [6.07, 6.45) is 5.20. The summed E-state index contributed by atoms with van der Waals surface area (Å²) >= 11 is 13.8. The first kappa shape index (κ1) is 14.2. The van der Waals surface area contributed by atoms with Crippen molar-refractivity contribution in [2.45, 2.75) is 56.8 Å². The fourth-order valence-corrected chi connectivity index (χ4v) is 5.17. The Kier molecular flexibility index (Phi) is 4.12. The van der Waals surface area contributed by atoms with Crippen LogP contribution in [0.3, 0.4) is 0 Å². The van der Waals surface area contributed by atoms with Crippen LogP contribution in [0.15, 0.2) is 6.07 Å². The minimum Gasteiger partial charge on any atom is -0.311 e. The Balaban J connectivity index is 1.72. The Labute approximate surface area is 129 Å². The van der Waals surface area contributed by atoms with E-state index in [-0.39, 0.29) is 0 Å². The molecule has 19 heavy (non-hydrogen) atoms. The van der Waals surface area contributed by atoms with Crippen LogP contribution in [0, 0.1) is 0 Å². The molecule has 5 heteroatoms. The summed E-state index contributed by atoms with van der Waals surface area (Å²) < 4.78 is 1.62. The van der Waals surface area contributed by atoms with Crippen molar-refractivity contribution in [1.82, 2.24) is 10.2 Å². The van der Waals surface area contributed by atoms with Gasteiger partial charge in [0.25, 0.3) is 0 Å². The highest BCUT2D eigenvalue weighted by atomic mass is 35.5. The van der Waals surface area contributed by atoms with Crippen LogP contribution >= 0.6 is 34.5 Å². The van der Waals surface area contributed by atoms with Gasteiger partial charge in [0.05, 0.1) is 8.67 Å². The molecule has 2 fully saturated rings. The quantitative estimate of drug-likeness (QED) is 0.892. The van der Waals surface area contributed by atoms with Gasteiger partial charge in [0.2, 0.25) is 0 Å². The van der Waals surface area contributed by atoms with E-state index in [2.05, 4.69) is 24.2 Å². The van der Waals surface area contributed by atoms with E-state index in [0.717, 1.165) is 20.8 Å². The second-order valence-electron chi connectivity index (χ2n) is 5.88. The molecule has 0 amide bonds. The van der Waals surface area contributed by atoms with Gasteiger partial charge in [-0.3, -0.25) is 4.90 Å². The first-order valence-electron chi connectivity index (χ1n) is 6.97. The molecule has 3 unspecified atom stereocenters. The van der Waals surface area contributed by atoms with Crippen molar-refractivity contribution in [1.29, 1.82) is 0 Å². The number of nitrogens with one attached hydrogen (secondary N) is 1. The number of fused-ring (bicyclic) bond motifs is 2. The minimum absolute atomic E-state index is 0.332. The highest BCUT2D eigenvalue weighted by Gasteiger charge is 2.36. The highest BCUT2D eigenvalue weighted by Crippen LogP contribution is 2.39. The Morgan fingerprint density at radius 3 is 2.47 bits per heavy atom. The van der Waals surface area contributed by atoms with Crippen LogP contribution in [0.5, 0.6) is 0 Å². The predicted molar refractivity (Wildman–Crippen MR) is 83.5 cm³/mol. The normalized spacial score (nSPS) is 31.9. The average molecular weight is 319 g/mol. The standard InChI is InChI=1S/C14H20Cl2N2S/c1-8(12-7-13(15)19-14(12)16)18(2)11-5-9-3-4-10(6-11)17-9/h7-11,17H,3-6H2,1-2H3. The third-order valence-electron chi connectivity index (χ3n) is 4.77. The molecule has 2 nitrogen and oxygen atoms in total. The van der Waals surface area contributed by atoms with E-state index >= 15 is 0 Å². The molecule has 3 rings (SSSR count). The molecule has 106 valence electrons. The van der Waals surface area contributed by atoms with Gasteiger partial charge in [-0.25, -0.2) is 0 Å². The Hall–Kier alpha value is 0.200. The van der Waals surface area contributed by atoms with Crippen molar-refractivity contribution in [3.05, 3.63) is 20.3 Å². The van der Waals surface area contributed by atoms with Gasteiger partial charge in [-0.2, -0.15) is 0 Å². The number of hydrogen-bond donors (Lipinski definition) is 1. The monoisotopic (exact) mass is 318 g/mol. The highest BCUT2D eigenvalue weighted by molar-refractivity contribution is 7.20. The van der Waals surface area contributed by atoms with Crippen molar-refractivity contribution >= 4 is 34.5 Å². The number of nitrogens with zero attached hydrogens (tertiary/aromatic N) is 1. The molecular formula is C14H20Cl2N2S. The van der Waals surface area contributed by atoms with Crippen LogP contribution in [-0.2, 0) is 0 Å². The molecule has 3 atom stereocenters. The first-order valence-corrected chi connectivity index (χ1v) is 8.54. The lowest BCUT2D eigenvalue weighted by Crippen LogP contribution is -2.47. The Morgan fingerprint density at radius 2 is 1.95 bits per heavy atom. The van der Waals surface area contributed by atoms with Gasteiger partial charge in [-0.15, -0.1) is 11.3 Å². The molecule has 1 N–H and O–H groups in total. The van der Waals surface area contributed by atoms with Crippen molar-refractivity contribution in [3.63, 3.8) is 0 Å². The van der Waals surface area contributed by atoms with E-state index in [1.54, 1.807) is 0 Å². The summed E-state index contributed by atoms with van der Waals surface area (Å²) in [6, 6.07) is 4.45. The fraction of sp³-hybridized carbons (Fsp3) is 0.714. The maximum atomic E-state index is 6.29. The largest absolute Gasteiger partial charge is 0.311 e. The molecule has 0 saturated carbocycles. The minimum atomic E-state index is 0.332. The second-order valence-corrected chi connectivity index (χ2v) is 8.17. The van der Waals surface area contributed by atoms with Crippen molar-refractivity contribution in [3.8, 4) is 0 Å². The van der Waals surface area contributed by atoms with Crippen LogP contribution < -0.4 is 5.32 Å². The molecule has 2 aliphatic rings. The van der Waals surface area contributed by atoms with E-state index in [1.807, 2.05) is 6.07 Å². The molecule has 0 aromatic carbocycles. The molecule has 1 aromatic rings. The lowest BCUT2D eigenvalue weighted by Gasteiger charge is -2.38. The lowest BCUT2D eigenvalue weighted by atomic mass is 9.96. The van der Waals surface area contributed by atoms with Gasteiger partial charge in [0.15, 0.2) is 0 Å². The smallest absolute Gasteiger partial charge is 0.0991 e. The van der Waals surface area contributed by atoms with E-state index in [4.69, 9.17) is 23.2 Å². The van der Waals surface area contributed by atoms with Crippen molar-refractivity contribution in [2.24, 2.45) is 0 Å². The fourth-order valence-electron chi connectivity index (χ4n) is 3.53. The molecule has 2 bridgehead atoms. The molecule has 2 saturated heterocycles. The summed E-state index contributed by atoms with van der Waals surface area (Å²) in [4.78, 5) is 2.48. The van der Waals surface area contributed by atoms with Crippen LogP contribution in [0.1, 0.15) is 44.2 Å². The van der Waals surface area contributed by atoms with Crippen molar-refractivity contribution < 1.29 is 0 Å². The molecule has 3 heterocycles. The predicted octanol–water partition coefficient (Wildman–Crippen LogP) is 4.33. The van der Waals surface area contributed by atoms with Crippen LogP contribution in [-0.4, -0.2) is 30.1 Å². The molecular weight excluding hydrogens is 299 g/mol. The lowest BCUT2D eigenvalue weighted by molar-refractivity contribution is 0.133. The maximum absolute atomic E-state index is 6.29. The number of hydrogen-bond acceptors (Lipinski definition) is 3. The number of thiophene rings is 1. The number of piperidine rings is 1. The van der Waals surface area contributed by atoms with E-state index in [0.29, 0.717) is 12.1 Å². The average Bonchev–Trinajstić information content (AvgIpc) is 2.89. The molecule has 2 aliphatic heterocycles. The molecule has 0 aliphatic carbocycles. The summed E-state index contributed by atoms with van der Waals surface area (Å²) in [6.45, 7) is 2.23. The Morgan fingerprint density at radius 1 is 1.32 bits per heavy atom. The number of halogens is 2. The third-order valence-corrected chi connectivity index (χ3v) is 6.29. The zero-order chi connectivity index (χ0) is 13.6. The van der Waals surface area contributed by atoms with Gasteiger partial charge in [-0.05, 0) is 45.7 Å². The van der Waals surface area contributed by atoms with Gasteiger partial charge < -0.3 is 5.32 Å². The van der Waals surface area contributed by atoms with E-state index in [1.165, 1.54) is 42.6 Å². The van der Waals surface area contributed by atoms with Gasteiger partial charge in [0.1, 0.15) is 0 Å². The second kappa shape index (κ2) is 5.53. The van der Waals surface area contributed by atoms with Crippen LogP contribution in [0.25, 0.3) is 0 Å². The van der Waals surface area contributed by atoms with Crippen LogP contribution in [0.2, 0.25) is 8.67 Å². The van der Waals surface area contributed by atoms with Gasteiger partial charge >= 0.3 is 0 Å². The molecule has 1 aromatic heterocycles. The topological polar surface area (TPSA) is 15.3 Å². The molecule has 0 radical (unpaired) electrons.